The highest BCUT2D eigenvalue weighted by Gasteiger charge is 2.08. The third-order valence-electron chi connectivity index (χ3n) is 2.65. The SMILES string of the molecule is CCn1ccnc(NCCn2cc(C(=O)O)nn2)c1=O. The Morgan fingerprint density at radius 3 is 2.95 bits per heavy atom. The topological polar surface area (TPSA) is 115 Å². The van der Waals surface area contributed by atoms with Crippen molar-refractivity contribution < 1.29 is 9.90 Å². The van der Waals surface area contributed by atoms with E-state index >= 15 is 0 Å². The molecular formula is C11H14N6O3. The number of carboxylic acids is 1. The van der Waals surface area contributed by atoms with Crippen LogP contribution in [0.3, 0.4) is 0 Å². The maximum atomic E-state index is 11.9. The van der Waals surface area contributed by atoms with E-state index in [1.54, 1.807) is 12.4 Å². The molecule has 0 aromatic carbocycles. The summed E-state index contributed by atoms with van der Waals surface area (Å²) in [4.78, 5) is 26.5. The Hall–Kier alpha value is -2.71. The van der Waals surface area contributed by atoms with E-state index in [2.05, 4.69) is 20.6 Å². The Morgan fingerprint density at radius 1 is 1.50 bits per heavy atom. The van der Waals surface area contributed by atoms with Gasteiger partial charge in [-0.2, -0.15) is 0 Å². The van der Waals surface area contributed by atoms with Gasteiger partial charge in [0.05, 0.1) is 12.7 Å². The molecule has 0 atom stereocenters. The average Bonchev–Trinajstić information content (AvgIpc) is 2.90. The standard InChI is InChI=1S/C11H14N6O3/c1-2-16-5-3-12-9(10(16)18)13-4-6-17-7-8(11(19)20)14-15-17/h3,5,7H,2,4,6H2,1H3,(H,12,13)(H,19,20). The van der Waals surface area contributed by atoms with E-state index in [9.17, 15) is 9.59 Å². The summed E-state index contributed by atoms with van der Waals surface area (Å²) in [6.07, 6.45) is 4.49. The first-order valence-electron chi connectivity index (χ1n) is 6.04. The van der Waals surface area contributed by atoms with Crippen LogP contribution in [0.5, 0.6) is 0 Å². The van der Waals surface area contributed by atoms with Crippen molar-refractivity contribution in [2.24, 2.45) is 0 Å². The third-order valence-corrected chi connectivity index (χ3v) is 2.65. The number of aromatic nitrogens is 5. The van der Waals surface area contributed by atoms with E-state index in [1.165, 1.54) is 15.4 Å². The summed E-state index contributed by atoms with van der Waals surface area (Å²) in [5.74, 6) is -0.868. The van der Waals surface area contributed by atoms with Gasteiger partial charge >= 0.3 is 5.97 Å². The van der Waals surface area contributed by atoms with Gasteiger partial charge in [-0.05, 0) is 6.92 Å². The minimum Gasteiger partial charge on any atom is -0.476 e. The molecule has 2 aromatic heterocycles. The Balaban J connectivity index is 1.96. The van der Waals surface area contributed by atoms with Gasteiger partial charge in [0, 0.05) is 25.5 Å². The van der Waals surface area contributed by atoms with Crippen molar-refractivity contribution in [1.29, 1.82) is 0 Å². The molecule has 0 aliphatic heterocycles. The van der Waals surface area contributed by atoms with Gasteiger partial charge in [0.15, 0.2) is 11.5 Å². The van der Waals surface area contributed by atoms with Crippen molar-refractivity contribution in [2.45, 2.75) is 20.0 Å². The van der Waals surface area contributed by atoms with Crippen LogP contribution in [0.4, 0.5) is 5.82 Å². The molecule has 2 heterocycles. The third kappa shape index (κ3) is 2.99. The van der Waals surface area contributed by atoms with Crippen molar-refractivity contribution in [3.8, 4) is 0 Å². The number of carboxylic acid groups (broad SMARTS) is 1. The van der Waals surface area contributed by atoms with Crippen LogP contribution < -0.4 is 10.9 Å². The molecule has 0 saturated carbocycles. The fourth-order valence-electron chi connectivity index (χ4n) is 1.61. The van der Waals surface area contributed by atoms with Crippen LogP contribution in [-0.4, -0.2) is 42.2 Å². The summed E-state index contributed by atoms with van der Waals surface area (Å²) in [5, 5.41) is 18.8. The van der Waals surface area contributed by atoms with Crippen LogP contribution >= 0.6 is 0 Å². The number of nitrogens with zero attached hydrogens (tertiary/aromatic N) is 5. The number of aromatic carboxylic acids is 1. The first kappa shape index (κ1) is 13.7. The normalized spacial score (nSPS) is 10.4. The maximum absolute atomic E-state index is 11.9. The van der Waals surface area contributed by atoms with E-state index in [0.717, 1.165) is 0 Å². The zero-order chi connectivity index (χ0) is 14.5. The lowest BCUT2D eigenvalue weighted by atomic mass is 10.5. The molecule has 0 bridgehead atoms. The number of aryl methyl sites for hydroxylation is 1. The monoisotopic (exact) mass is 278 g/mol. The fourth-order valence-corrected chi connectivity index (χ4v) is 1.61. The smallest absolute Gasteiger partial charge is 0.358 e. The molecule has 0 aliphatic carbocycles. The maximum Gasteiger partial charge on any atom is 0.358 e. The van der Waals surface area contributed by atoms with Crippen molar-refractivity contribution in [1.82, 2.24) is 24.5 Å². The number of anilines is 1. The minimum atomic E-state index is -1.13. The highest BCUT2D eigenvalue weighted by Crippen LogP contribution is 1.95. The Morgan fingerprint density at radius 2 is 2.30 bits per heavy atom. The molecule has 9 nitrogen and oxygen atoms in total. The van der Waals surface area contributed by atoms with Crippen LogP contribution in [0.2, 0.25) is 0 Å². The second kappa shape index (κ2) is 5.95. The second-order valence-corrected chi connectivity index (χ2v) is 3.97. The zero-order valence-electron chi connectivity index (χ0n) is 10.9. The van der Waals surface area contributed by atoms with Gasteiger partial charge in [0.1, 0.15) is 0 Å². The molecule has 2 rings (SSSR count). The van der Waals surface area contributed by atoms with Crippen LogP contribution in [0, 0.1) is 0 Å². The predicted molar refractivity (Wildman–Crippen MR) is 69.6 cm³/mol. The van der Waals surface area contributed by atoms with E-state index in [4.69, 9.17) is 5.11 Å². The van der Waals surface area contributed by atoms with Crippen molar-refractivity contribution in [2.75, 3.05) is 11.9 Å². The van der Waals surface area contributed by atoms with Gasteiger partial charge < -0.3 is 15.0 Å². The average molecular weight is 278 g/mol. The minimum absolute atomic E-state index is 0.115. The molecule has 0 amide bonds. The van der Waals surface area contributed by atoms with Crippen LogP contribution in [-0.2, 0) is 13.1 Å². The Labute approximate surface area is 113 Å². The second-order valence-electron chi connectivity index (χ2n) is 3.97. The molecule has 0 saturated heterocycles. The summed E-state index contributed by atoms with van der Waals surface area (Å²) in [6, 6.07) is 0. The Bertz CT molecular complexity index is 662. The van der Waals surface area contributed by atoms with Crippen LogP contribution in [0.1, 0.15) is 17.4 Å². The van der Waals surface area contributed by atoms with E-state index in [-0.39, 0.29) is 17.1 Å². The van der Waals surface area contributed by atoms with Crippen molar-refractivity contribution >= 4 is 11.8 Å². The predicted octanol–water partition coefficient (Wildman–Crippen LogP) is -0.335. The highest BCUT2D eigenvalue weighted by atomic mass is 16.4. The number of carbonyl (C=O) groups is 1. The lowest BCUT2D eigenvalue weighted by Crippen LogP contribution is -2.25. The summed E-state index contributed by atoms with van der Waals surface area (Å²) in [5.41, 5.74) is -0.309. The van der Waals surface area contributed by atoms with Gasteiger partial charge in [-0.1, -0.05) is 5.21 Å². The molecule has 0 aliphatic rings. The number of hydrogen-bond acceptors (Lipinski definition) is 6. The first-order valence-corrected chi connectivity index (χ1v) is 6.04. The molecule has 0 spiro atoms. The fraction of sp³-hybridized carbons (Fsp3) is 0.364. The molecule has 20 heavy (non-hydrogen) atoms. The first-order chi connectivity index (χ1) is 9.61. The van der Waals surface area contributed by atoms with E-state index in [0.29, 0.717) is 19.6 Å². The highest BCUT2D eigenvalue weighted by molar-refractivity contribution is 5.84. The van der Waals surface area contributed by atoms with Gasteiger partial charge in [-0.15, -0.1) is 5.10 Å². The van der Waals surface area contributed by atoms with E-state index < -0.39 is 5.97 Å². The van der Waals surface area contributed by atoms with Gasteiger partial charge in [-0.25, -0.2) is 14.5 Å². The van der Waals surface area contributed by atoms with Gasteiger partial charge in [0.25, 0.3) is 5.56 Å². The molecule has 9 heteroatoms. The lowest BCUT2D eigenvalue weighted by Gasteiger charge is -2.06. The summed E-state index contributed by atoms with van der Waals surface area (Å²) >= 11 is 0. The molecular weight excluding hydrogens is 264 g/mol. The van der Waals surface area contributed by atoms with E-state index in [1.807, 2.05) is 6.92 Å². The zero-order valence-corrected chi connectivity index (χ0v) is 10.9. The number of rotatable bonds is 6. The van der Waals surface area contributed by atoms with Crippen molar-refractivity contribution in [3.05, 3.63) is 34.6 Å². The molecule has 2 aromatic rings. The molecule has 0 radical (unpaired) electrons. The van der Waals surface area contributed by atoms with Crippen molar-refractivity contribution in [3.63, 3.8) is 0 Å². The summed E-state index contributed by atoms with van der Waals surface area (Å²) in [6.45, 7) is 3.20. The van der Waals surface area contributed by atoms with Gasteiger partial charge in [-0.3, -0.25) is 4.79 Å². The lowest BCUT2D eigenvalue weighted by molar-refractivity contribution is 0.0690. The number of hydrogen-bond donors (Lipinski definition) is 2. The van der Waals surface area contributed by atoms with Crippen LogP contribution in [0.25, 0.3) is 0 Å². The summed E-state index contributed by atoms with van der Waals surface area (Å²) in [7, 11) is 0. The van der Waals surface area contributed by atoms with Crippen LogP contribution in [0.15, 0.2) is 23.4 Å². The molecule has 2 N–H and O–H groups in total. The number of nitrogens with one attached hydrogen (secondary N) is 1. The largest absolute Gasteiger partial charge is 0.476 e. The quantitative estimate of drug-likeness (QED) is 0.743. The molecule has 0 fully saturated rings. The molecule has 0 unspecified atom stereocenters. The molecule has 106 valence electrons. The summed E-state index contributed by atoms with van der Waals surface area (Å²) < 4.78 is 2.92. The van der Waals surface area contributed by atoms with Gasteiger partial charge in [0.2, 0.25) is 0 Å². The Kier molecular flexibility index (Phi) is 4.08.